The zero-order chi connectivity index (χ0) is 31.7. The minimum atomic E-state index is -4.60. The molecule has 0 aliphatic carbocycles. The predicted octanol–water partition coefficient (Wildman–Crippen LogP) is 6.15. The van der Waals surface area contributed by atoms with E-state index in [0.717, 1.165) is 24.7 Å². The van der Waals surface area contributed by atoms with Crippen molar-refractivity contribution < 1.29 is 22.7 Å². The van der Waals surface area contributed by atoms with Crippen LogP contribution < -0.4 is 10.1 Å². The lowest BCUT2D eigenvalue weighted by Crippen LogP contribution is -2.44. The third-order valence-electron chi connectivity index (χ3n) is 7.90. The number of nitrogens with one attached hydrogen (secondary N) is 1. The van der Waals surface area contributed by atoms with Crippen molar-refractivity contribution in [2.24, 2.45) is 7.05 Å². The monoisotopic (exact) mass is 615 g/mol. The summed E-state index contributed by atoms with van der Waals surface area (Å²) in [5.74, 6) is 0.386. The number of aromatic nitrogens is 4. The molecule has 1 aliphatic rings. The summed E-state index contributed by atoms with van der Waals surface area (Å²) in [4.78, 5) is 31.1. The van der Waals surface area contributed by atoms with Gasteiger partial charge in [0.15, 0.2) is 17.0 Å². The Labute approximate surface area is 258 Å². The van der Waals surface area contributed by atoms with Crippen LogP contribution in [0.3, 0.4) is 0 Å². The van der Waals surface area contributed by atoms with Crippen molar-refractivity contribution in [3.63, 3.8) is 0 Å². The molecule has 1 N–H and O–H groups in total. The summed E-state index contributed by atoms with van der Waals surface area (Å²) >= 11 is 0. The molecule has 1 saturated heterocycles. The molecule has 232 valence electrons. The molecule has 45 heavy (non-hydrogen) atoms. The number of amides is 1. The predicted molar refractivity (Wildman–Crippen MR) is 165 cm³/mol. The first kappa shape index (κ1) is 30.2. The summed E-state index contributed by atoms with van der Waals surface area (Å²) in [7, 11) is 3.82. The molecule has 3 heterocycles. The van der Waals surface area contributed by atoms with Gasteiger partial charge in [0, 0.05) is 62.7 Å². The van der Waals surface area contributed by atoms with Gasteiger partial charge in [0.05, 0.1) is 11.9 Å². The van der Waals surface area contributed by atoms with Crippen LogP contribution >= 0.6 is 0 Å². The molecule has 1 amide bonds. The van der Waals surface area contributed by atoms with Crippen LogP contribution in [0.4, 0.5) is 18.9 Å². The van der Waals surface area contributed by atoms with Crippen molar-refractivity contribution in [2.45, 2.75) is 19.6 Å². The van der Waals surface area contributed by atoms with Gasteiger partial charge in [0.1, 0.15) is 5.75 Å². The number of halogens is 3. The second kappa shape index (κ2) is 12.3. The van der Waals surface area contributed by atoms with Crippen molar-refractivity contribution in [2.75, 3.05) is 38.5 Å². The maximum atomic E-state index is 14.1. The standard InChI is InChI=1S/C33H32F3N7O2/c1-21-9-12-25(45-32-28-30(42(3)20-37-28)39-29(40-32)22-7-5-4-6-8-22)18-27(21)38-31(44)23-10-11-24(26(17-23)33(34,35)36)19-43-15-13-41(2)14-16-43/h4-12,17-18,20H,13-16,19H2,1-3H3,(H,38,44). The Morgan fingerprint density at radius 3 is 2.44 bits per heavy atom. The van der Waals surface area contributed by atoms with E-state index in [1.807, 2.05) is 49.3 Å². The first-order valence-electron chi connectivity index (χ1n) is 14.5. The molecule has 1 aliphatic heterocycles. The Hall–Kier alpha value is -4.81. The number of carbonyl (C=O) groups is 1. The SMILES string of the molecule is Cc1ccc(Oc2nc(-c3ccccc3)nc3c2ncn3C)cc1NC(=O)c1ccc(CN2CCN(C)CC2)c(C(F)(F)F)c1. The number of alkyl halides is 3. The molecular formula is C33H32F3N7O2. The van der Waals surface area contributed by atoms with E-state index in [9.17, 15) is 18.0 Å². The number of ether oxygens (including phenoxy) is 1. The average Bonchev–Trinajstić information content (AvgIpc) is 3.40. The van der Waals surface area contributed by atoms with E-state index >= 15 is 0 Å². The fourth-order valence-corrected chi connectivity index (χ4v) is 5.24. The third kappa shape index (κ3) is 6.66. The average molecular weight is 616 g/mol. The molecule has 5 aromatic rings. The Morgan fingerprint density at radius 2 is 1.71 bits per heavy atom. The summed E-state index contributed by atoms with van der Waals surface area (Å²) in [5, 5.41) is 2.76. The number of aryl methyl sites for hydroxylation is 2. The number of nitrogens with zero attached hydrogens (tertiary/aromatic N) is 6. The minimum Gasteiger partial charge on any atom is -0.437 e. The smallest absolute Gasteiger partial charge is 0.416 e. The third-order valence-corrected chi connectivity index (χ3v) is 7.90. The molecular weight excluding hydrogens is 583 g/mol. The molecule has 0 unspecified atom stereocenters. The topological polar surface area (TPSA) is 88.4 Å². The van der Waals surface area contributed by atoms with Crippen molar-refractivity contribution in [1.82, 2.24) is 29.3 Å². The first-order valence-corrected chi connectivity index (χ1v) is 14.5. The molecule has 6 rings (SSSR count). The van der Waals surface area contributed by atoms with Crippen LogP contribution in [0, 0.1) is 6.92 Å². The lowest BCUT2D eigenvalue weighted by molar-refractivity contribution is -0.138. The summed E-state index contributed by atoms with van der Waals surface area (Å²) in [6.07, 6.45) is -2.98. The molecule has 0 saturated carbocycles. The Morgan fingerprint density at radius 1 is 0.956 bits per heavy atom. The number of hydrogen-bond acceptors (Lipinski definition) is 7. The van der Waals surface area contributed by atoms with E-state index in [1.165, 1.54) is 12.1 Å². The molecule has 9 nitrogen and oxygen atoms in total. The quantitative estimate of drug-likeness (QED) is 0.235. The van der Waals surface area contributed by atoms with E-state index in [-0.39, 0.29) is 23.6 Å². The fourth-order valence-electron chi connectivity index (χ4n) is 5.24. The van der Waals surface area contributed by atoms with Crippen LogP contribution in [0.1, 0.15) is 27.0 Å². The number of piperazine rings is 1. The zero-order valence-electron chi connectivity index (χ0n) is 25.1. The Bertz CT molecular complexity index is 1850. The summed E-state index contributed by atoms with van der Waals surface area (Å²) in [6, 6.07) is 18.3. The highest BCUT2D eigenvalue weighted by atomic mass is 19.4. The van der Waals surface area contributed by atoms with Gasteiger partial charge in [-0.25, -0.2) is 9.97 Å². The number of benzene rings is 3. The van der Waals surface area contributed by atoms with Crippen molar-refractivity contribution in [3.8, 4) is 23.0 Å². The number of likely N-dealkylation sites (N-methyl/N-ethyl adjacent to an activating group) is 1. The Balaban J connectivity index is 1.25. The van der Waals surface area contributed by atoms with Gasteiger partial charge in [-0.3, -0.25) is 9.69 Å². The highest BCUT2D eigenvalue weighted by Crippen LogP contribution is 2.35. The van der Waals surface area contributed by atoms with Crippen molar-refractivity contribution in [3.05, 3.63) is 95.3 Å². The van der Waals surface area contributed by atoms with Gasteiger partial charge >= 0.3 is 6.18 Å². The highest BCUT2D eigenvalue weighted by molar-refractivity contribution is 6.05. The van der Waals surface area contributed by atoms with Gasteiger partial charge in [-0.1, -0.05) is 42.5 Å². The molecule has 12 heteroatoms. The van der Waals surface area contributed by atoms with Gasteiger partial charge in [-0.2, -0.15) is 18.2 Å². The molecule has 0 radical (unpaired) electrons. The van der Waals surface area contributed by atoms with E-state index in [4.69, 9.17) is 4.74 Å². The fraction of sp³-hybridized carbons (Fsp3) is 0.273. The van der Waals surface area contributed by atoms with Crippen molar-refractivity contribution in [1.29, 1.82) is 0 Å². The molecule has 0 bridgehead atoms. The van der Waals surface area contributed by atoms with E-state index < -0.39 is 17.6 Å². The summed E-state index contributed by atoms with van der Waals surface area (Å²) < 4.78 is 50.3. The zero-order valence-corrected chi connectivity index (χ0v) is 25.1. The van der Waals surface area contributed by atoms with Gasteiger partial charge in [-0.05, 0) is 43.3 Å². The number of fused-ring (bicyclic) bond motifs is 1. The van der Waals surface area contributed by atoms with Crippen LogP contribution in [0.2, 0.25) is 0 Å². The van der Waals surface area contributed by atoms with Crippen LogP contribution in [-0.2, 0) is 19.8 Å². The van der Waals surface area contributed by atoms with Gasteiger partial charge in [0.25, 0.3) is 11.8 Å². The van der Waals surface area contributed by atoms with E-state index in [2.05, 4.69) is 25.2 Å². The number of imidazole rings is 1. The second-order valence-corrected chi connectivity index (χ2v) is 11.2. The van der Waals surface area contributed by atoms with Gasteiger partial charge in [0.2, 0.25) is 0 Å². The largest absolute Gasteiger partial charge is 0.437 e. The number of anilines is 1. The minimum absolute atomic E-state index is 0.0892. The molecule has 2 aromatic heterocycles. The number of hydrogen-bond donors (Lipinski definition) is 1. The molecule has 0 atom stereocenters. The van der Waals surface area contributed by atoms with Gasteiger partial charge < -0.3 is 19.5 Å². The summed E-state index contributed by atoms with van der Waals surface area (Å²) in [6.45, 7) is 4.91. The van der Waals surface area contributed by atoms with Crippen LogP contribution in [0.25, 0.3) is 22.6 Å². The first-order chi connectivity index (χ1) is 21.5. The maximum absolute atomic E-state index is 14.1. The number of rotatable bonds is 7. The van der Waals surface area contributed by atoms with Crippen LogP contribution in [-0.4, -0.2) is 68.5 Å². The Kier molecular flexibility index (Phi) is 8.26. The summed E-state index contributed by atoms with van der Waals surface area (Å²) in [5.41, 5.74) is 2.19. The highest BCUT2D eigenvalue weighted by Gasteiger charge is 2.34. The van der Waals surface area contributed by atoms with Gasteiger partial charge in [-0.15, -0.1) is 0 Å². The van der Waals surface area contributed by atoms with Crippen LogP contribution in [0.15, 0.2) is 73.1 Å². The lowest BCUT2D eigenvalue weighted by Gasteiger charge is -2.33. The molecule has 3 aromatic carbocycles. The van der Waals surface area contributed by atoms with Crippen molar-refractivity contribution >= 4 is 22.8 Å². The van der Waals surface area contributed by atoms with Crippen LogP contribution in [0.5, 0.6) is 11.6 Å². The lowest BCUT2D eigenvalue weighted by atomic mass is 10.0. The molecule has 0 spiro atoms. The van der Waals surface area contributed by atoms with E-state index in [0.29, 0.717) is 47.1 Å². The van der Waals surface area contributed by atoms with E-state index in [1.54, 1.807) is 36.0 Å². The molecule has 1 fully saturated rings. The maximum Gasteiger partial charge on any atom is 0.416 e. The second-order valence-electron chi connectivity index (χ2n) is 11.2. The number of carbonyl (C=O) groups excluding carboxylic acids is 1. The normalized spacial score (nSPS) is 14.5.